The highest BCUT2D eigenvalue weighted by Gasteiger charge is 2.02. The van der Waals surface area contributed by atoms with Crippen molar-refractivity contribution in [1.82, 2.24) is 0 Å². The van der Waals surface area contributed by atoms with Crippen LogP contribution < -0.4 is 9.47 Å². The predicted octanol–water partition coefficient (Wildman–Crippen LogP) is 6.27. The van der Waals surface area contributed by atoms with Crippen molar-refractivity contribution >= 4 is 11.9 Å². The molecule has 2 rings (SSSR count). The summed E-state index contributed by atoms with van der Waals surface area (Å²) in [5, 5.41) is 0. The van der Waals surface area contributed by atoms with Gasteiger partial charge >= 0.3 is 0 Å². The minimum Gasteiger partial charge on any atom is -0.490 e. The molecule has 0 amide bonds. The quantitative estimate of drug-likeness (QED) is 0.294. The summed E-state index contributed by atoms with van der Waals surface area (Å²) in [6.45, 7) is 9.23. The molecule has 0 aliphatic carbocycles. The van der Waals surface area contributed by atoms with E-state index in [2.05, 4.69) is 0 Å². The summed E-state index contributed by atoms with van der Waals surface area (Å²) in [7, 11) is 0. The van der Waals surface area contributed by atoms with Crippen LogP contribution in [0.25, 0.3) is 6.08 Å². The van der Waals surface area contributed by atoms with Crippen molar-refractivity contribution in [2.75, 3.05) is 13.2 Å². The van der Waals surface area contributed by atoms with Crippen molar-refractivity contribution < 1.29 is 14.3 Å². The molecule has 146 valence electrons. The number of rotatable bonds is 9. The molecule has 0 saturated carbocycles. The lowest BCUT2D eigenvalue weighted by molar-refractivity contribution is 0.104. The van der Waals surface area contributed by atoms with Crippen LogP contribution in [0.4, 0.5) is 0 Å². The minimum absolute atomic E-state index is 0.0419. The Bertz CT molecular complexity index is 846. The number of carbonyl (C=O) groups excluding carboxylic acids is 1. The predicted molar refractivity (Wildman–Crippen MR) is 116 cm³/mol. The summed E-state index contributed by atoms with van der Waals surface area (Å²) in [4.78, 5) is 12.3. The number of hydrogen-bond acceptors (Lipinski definition) is 3. The topological polar surface area (TPSA) is 35.5 Å². The van der Waals surface area contributed by atoms with E-state index >= 15 is 0 Å². The van der Waals surface area contributed by atoms with E-state index in [0.717, 1.165) is 17.1 Å². The van der Waals surface area contributed by atoms with Crippen LogP contribution in [-0.2, 0) is 0 Å². The van der Waals surface area contributed by atoms with E-state index in [0.29, 0.717) is 18.8 Å². The second kappa shape index (κ2) is 10.9. The lowest BCUT2D eigenvalue weighted by atomic mass is 10.1. The Kier molecular flexibility index (Phi) is 8.29. The van der Waals surface area contributed by atoms with Crippen molar-refractivity contribution in [1.29, 1.82) is 0 Å². The second-order valence-electron chi connectivity index (χ2n) is 6.98. The number of carbonyl (C=O) groups is 1. The third-order valence-corrected chi connectivity index (χ3v) is 3.93. The molecule has 3 heteroatoms. The first-order valence-electron chi connectivity index (χ1n) is 9.39. The van der Waals surface area contributed by atoms with Crippen LogP contribution in [-0.4, -0.2) is 19.0 Å². The van der Waals surface area contributed by atoms with Gasteiger partial charge in [-0.05, 0) is 87.9 Å². The molecular formula is C25H28O3. The van der Waals surface area contributed by atoms with Crippen LogP contribution >= 0.6 is 0 Å². The SMILES string of the molecule is CC(C)=CCOc1ccc(/C=C/C(=O)c2ccc(OCC=C(C)C)cc2)cc1. The summed E-state index contributed by atoms with van der Waals surface area (Å²) < 4.78 is 11.2. The summed E-state index contributed by atoms with van der Waals surface area (Å²) in [5.41, 5.74) is 4.02. The van der Waals surface area contributed by atoms with E-state index in [1.165, 1.54) is 11.1 Å². The van der Waals surface area contributed by atoms with Crippen molar-refractivity contribution in [3.05, 3.63) is 89.0 Å². The lowest BCUT2D eigenvalue weighted by Gasteiger charge is -2.04. The van der Waals surface area contributed by atoms with Gasteiger partial charge in [0.05, 0.1) is 0 Å². The highest BCUT2D eigenvalue weighted by Crippen LogP contribution is 2.16. The van der Waals surface area contributed by atoms with E-state index in [-0.39, 0.29) is 5.78 Å². The first kappa shape index (κ1) is 21.2. The maximum absolute atomic E-state index is 12.3. The van der Waals surface area contributed by atoms with Gasteiger partial charge in [-0.15, -0.1) is 0 Å². The molecule has 0 saturated heterocycles. The van der Waals surface area contributed by atoms with Crippen LogP contribution in [0.3, 0.4) is 0 Å². The number of ether oxygens (including phenoxy) is 2. The molecule has 0 unspecified atom stereocenters. The van der Waals surface area contributed by atoms with Crippen LogP contribution in [0, 0.1) is 0 Å². The third kappa shape index (κ3) is 7.67. The molecule has 0 bridgehead atoms. The molecule has 28 heavy (non-hydrogen) atoms. The number of benzene rings is 2. The van der Waals surface area contributed by atoms with Crippen molar-refractivity contribution in [2.24, 2.45) is 0 Å². The van der Waals surface area contributed by atoms with Crippen molar-refractivity contribution in [2.45, 2.75) is 27.7 Å². The first-order chi connectivity index (χ1) is 13.4. The molecule has 0 spiro atoms. The van der Waals surface area contributed by atoms with Gasteiger partial charge in [-0.25, -0.2) is 0 Å². The Morgan fingerprint density at radius 1 is 0.750 bits per heavy atom. The van der Waals surface area contributed by atoms with Gasteiger partial charge in [-0.3, -0.25) is 4.79 Å². The average Bonchev–Trinajstić information content (AvgIpc) is 2.67. The lowest BCUT2D eigenvalue weighted by Crippen LogP contribution is -1.97. The molecule has 0 radical (unpaired) electrons. The van der Waals surface area contributed by atoms with Gasteiger partial charge < -0.3 is 9.47 Å². The fourth-order valence-corrected chi connectivity index (χ4v) is 2.27. The Morgan fingerprint density at radius 2 is 1.21 bits per heavy atom. The zero-order valence-corrected chi connectivity index (χ0v) is 17.1. The van der Waals surface area contributed by atoms with Crippen LogP contribution in [0.5, 0.6) is 11.5 Å². The molecular weight excluding hydrogens is 348 g/mol. The van der Waals surface area contributed by atoms with Gasteiger partial charge in [0.25, 0.3) is 0 Å². The monoisotopic (exact) mass is 376 g/mol. The van der Waals surface area contributed by atoms with E-state index in [1.807, 2.05) is 76.2 Å². The number of hydrogen-bond donors (Lipinski definition) is 0. The standard InChI is InChI=1S/C25H28O3/c1-19(2)15-17-27-23-10-5-21(6-11-23)7-14-25(26)22-8-12-24(13-9-22)28-18-16-20(3)4/h5-16H,17-18H2,1-4H3/b14-7+. The van der Waals surface area contributed by atoms with Crippen LogP contribution in [0.1, 0.15) is 43.6 Å². The van der Waals surface area contributed by atoms with Crippen LogP contribution in [0.15, 0.2) is 77.9 Å². The second-order valence-corrected chi connectivity index (χ2v) is 6.98. The third-order valence-electron chi connectivity index (χ3n) is 3.93. The van der Waals surface area contributed by atoms with Crippen molar-refractivity contribution in [3.63, 3.8) is 0 Å². The molecule has 0 fully saturated rings. The highest BCUT2D eigenvalue weighted by atomic mass is 16.5. The highest BCUT2D eigenvalue weighted by molar-refractivity contribution is 6.06. The normalized spacial score (nSPS) is 10.4. The Hall–Kier alpha value is -3.07. The summed E-state index contributed by atoms with van der Waals surface area (Å²) >= 11 is 0. The molecule has 0 atom stereocenters. The fourth-order valence-electron chi connectivity index (χ4n) is 2.27. The number of ketones is 1. The van der Waals surface area contributed by atoms with E-state index in [4.69, 9.17) is 9.47 Å². The van der Waals surface area contributed by atoms with E-state index in [9.17, 15) is 4.79 Å². The van der Waals surface area contributed by atoms with Gasteiger partial charge in [0.15, 0.2) is 5.78 Å². The summed E-state index contributed by atoms with van der Waals surface area (Å²) in [5.74, 6) is 1.52. The van der Waals surface area contributed by atoms with Gasteiger partial charge in [-0.1, -0.05) is 29.4 Å². The Morgan fingerprint density at radius 3 is 1.68 bits per heavy atom. The first-order valence-corrected chi connectivity index (χ1v) is 9.39. The fraction of sp³-hybridized carbons (Fsp3) is 0.240. The molecule has 0 aliphatic rings. The summed E-state index contributed by atoms with van der Waals surface area (Å²) in [6, 6.07) is 14.9. The van der Waals surface area contributed by atoms with E-state index < -0.39 is 0 Å². The zero-order valence-electron chi connectivity index (χ0n) is 17.1. The number of allylic oxidation sites excluding steroid dienone is 3. The van der Waals surface area contributed by atoms with Crippen molar-refractivity contribution in [3.8, 4) is 11.5 Å². The molecule has 0 N–H and O–H groups in total. The summed E-state index contributed by atoms with van der Waals surface area (Å²) in [6.07, 6.45) is 7.43. The van der Waals surface area contributed by atoms with E-state index in [1.54, 1.807) is 24.3 Å². The van der Waals surface area contributed by atoms with Gasteiger partial charge in [0, 0.05) is 5.56 Å². The molecule has 0 aliphatic heterocycles. The molecule has 2 aromatic rings. The Balaban J connectivity index is 1.90. The maximum Gasteiger partial charge on any atom is 0.185 e. The molecule has 3 nitrogen and oxygen atoms in total. The van der Waals surface area contributed by atoms with Gasteiger partial charge in [0.2, 0.25) is 0 Å². The smallest absolute Gasteiger partial charge is 0.185 e. The average molecular weight is 376 g/mol. The zero-order chi connectivity index (χ0) is 20.4. The molecule has 0 heterocycles. The molecule has 2 aromatic carbocycles. The molecule has 0 aromatic heterocycles. The van der Waals surface area contributed by atoms with Gasteiger partial charge in [-0.2, -0.15) is 0 Å². The van der Waals surface area contributed by atoms with Gasteiger partial charge in [0.1, 0.15) is 24.7 Å². The van der Waals surface area contributed by atoms with Crippen LogP contribution in [0.2, 0.25) is 0 Å². The Labute approximate surface area is 168 Å². The maximum atomic E-state index is 12.3. The largest absolute Gasteiger partial charge is 0.490 e. The minimum atomic E-state index is -0.0419.